The number of carbonyl (C=O) groups excluding carboxylic acids is 1. The van der Waals surface area contributed by atoms with E-state index < -0.39 is 0 Å². The zero-order valence-electron chi connectivity index (χ0n) is 17.0. The molecule has 0 spiro atoms. The van der Waals surface area contributed by atoms with E-state index in [0.29, 0.717) is 47.9 Å². The number of hydrogen-bond acceptors (Lipinski definition) is 3. The molecule has 1 aliphatic rings. The van der Waals surface area contributed by atoms with Crippen LogP contribution in [0.5, 0.6) is 0 Å². The van der Waals surface area contributed by atoms with Crippen LogP contribution < -0.4 is 0 Å². The van der Waals surface area contributed by atoms with Gasteiger partial charge in [0.2, 0.25) is 5.91 Å². The van der Waals surface area contributed by atoms with Gasteiger partial charge in [0.25, 0.3) is 0 Å². The highest BCUT2D eigenvalue weighted by Crippen LogP contribution is 2.28. The van der Waals surface area contributed by atoms with Crippen molar-refractivity contribution in [3.63, 3.8) is 0 Å². The van der Waals surface area contributed by atoms with Crippen molar-refractivity contribution in [2.45, 2.75) is 32.7 Å². The predicted octanol–water partition coefficient (Wildman–Crippen LogP) is 5.61. The Morgan fingerprint density at radius 3 is 2.59 bits per heavy atom. The van der Waals surface area contributed by atoms with Gasteiger partial charge in [-0.25, -0.2) is 0 Å². The monoisotopic (exact) mass is 458 g/mol. The minimum absolute atomic E-state index is 0.0206. The van der Waals surface area contributed by atoms with Gasteiger partial charge in [-0.15, -0.1) is 0 Å². The molecule has 0 saturated carbocycles. The topological polar surface area (TPSA) is 32.8 Å². The summed E-state index contributed by atoms with van der Waals surface area (Å²) in [4.78, 5) is 16.7. The van der Waals surface area contributed by atoms with Crippen LogP contribution in [0.3, 0.4) is 0 Å². The van der Waals surface area contributed by atoms with Gasteiger partial charge in [-0.1, -0.05) is 66.9 Å². The molecular weight excluding hydrogens is 431 g/mol. The number of benzene rings is 1. The quantitative estimate of drug-likeness (QED) is 0.355. The maximum Gasteiger partial charge on any atom is 0.248 e. The zero-order chi connectivity index (χ0) is 21.2. The molecule has 4 nitrogen and oxygen atoms in total. The minimum atomic E-state index is 0.0206. The lowest BCUT2D eigenvalue weighted by Gasteiger charge is -2.41. The maximum atomic E-state index is 12.5. The van der Waals surface area contributed by atoms with Gasteiger partial charge >= 0.3 is 0 Å². The summed E-state index contributed by atoms with van der Waals surface area (Å²) in [5.41, 5.74) is 1.10. The molecule has 0 radical (unpaired) electrons. The van der Waals surface area contributed by atoms with Crippen LogP contribution in [0.4, 0.5) is 0 Å². The van der Waals surface area contributed by atoms with Crippen LogP contribution in [0.2, 0.25) is 5.02 Å². The molecule has 1 atom stereocenters. The Balaban J connectivity index is 2.14. The van der Waals surface area contributed by atoms with Crippen LogP contribution in [0.25, 0.3) is 0 Å². The van der Waals surface area contributed by atoms with Crippen molar-refractivity contribution in [3.8, 4) is 0 Å². The van der Waals surface area contributed by atoms with Crippen LogP contribution in [-0.4, -0.2) is 55.1 Å². The van der Waals surface area contributed by atoms with Gasteiger partial charge in [0.1, 0.15) is 6.61 Å². The number of nitrogens with zero attached hydrogens (tertiary/aromatic N) is 2. The van der Waals surface area contributed by atoms with E-state index >= 15 is 0 Å². The summed E-state index contributed by atoms with van der Waals surface area (Å²) >= 11 is 18.7. The molecular formula is C22H29Cl3N2O2. The molecule has 29 heavy (non-hydrogen) atoms. The molecule has 1 heterocycles. The standard InChI is InChI=1S/C22H29Cl3N2O2/c1-3-5-19(24)13-20(25)14-26-10-11-27(22(28)16-29-12-4-2)15-21(26)17-6-8-18(23)9-7-17/h5-9,13,21H,3-4,10-12,14-16H2,1-2H3/b19-5+,20-13+. The minimum Gasteiger partial charge on any atom is -0.372 e. The second-order valence-corrected chi connectivity index (χ2v) is 8.38. The summed E-state index contributed by atoms with van der Waals surface area (Å²) in [7, 11) is 0. The Hall–Kier alpha value is -1.04. The molecule has 0 N–H and O–H groups in total. The maximum absolute atomic E-state index is 12.5. The van der Waals surface area contributed by atoms with E-state index in [9.17, 15) is 4.79 Å². The second-order valence-electron chi connectivity index (χ2n) is 7.02. The molecule has 7 heteroatoms. The van der Waals surface area contributed by atoms with Crippen molar-refractivity contribution in [1.82, 2.24) is 9.80 Å². The molecule has 160 valence electrons. The lowest BCUT2D eigenvalue weighted by molar-refractivity contribution is -0.139. The molecule has 1 saturated heterocycles. The van der Waals surface area contributed by atoms with Gasteiger partial charge in [0.15, 0.2) is 0 Å². The zero-order valence-corrected chi connectivity index (χ0v) is 19.3. The van der Waals surface area contributed by atoms with E-state index in [1.165, 1.54) is 0 Å². The van der Waals surface area contributed by atoms with E-state index in [4.69, 9.17) is 39.5 Å². The van der Waals surface area contributed by atoms with Gasteiger partial charge in [-0.3, -0.25) is 9.69 Å². The van der Waals surface area contributed by atoms with Crippen molar-refractivity contribution < 1.29 is 9.53 Å². The highest BCUT2D eigenvalue weighted by molar-refractivity contribution is 6.34. The molecule has 1 aromatic rings. The number of ether oxygens (including phenoxy) is 1. The summed E-state index contributed by atoms with van der Waals surface area (Å²) in [6.07, 6.45) is 5.47. The van der Waals surface area contributed by atoms with E-state index in [0.717, 1.165) is 18.4 Å². The SMILES string of the molecule is CC/C=C(Cl)\C=C(\Cl)CN1CCN(C(=O)COCCC)CC1c1ccc(Cl)cc1. The third kappa shape index (κ3) is 7.95. The van der Waals surface area contributed by atoms with Crippen molar-refractivity contribution in [2.24, 2.45) is 0 Å². The van der Waals surface area contributed by atoms with E-state index in [-0.39, 0.29) is 18.6 Å². The van der Waals surface area contributed by atoms with Gasteiger partial charge in [0.05, 0.1) is 6.04 Å². The fourth-order valence-electron chi connectivity index (χ4n) is 3.28. The average Bonchev–Trinajstić information content (AvgIpc) is 2.69. The smallest absolute Gasteiger partial charge is 0.248 e. The van der Waals surface area contributed by atoms with Crippen molar-refractivity contribution >= 4 is 40.7 Å². The van der Waals surface area contributed by atoms with Crippen LogP contribution in [0.1, 0.15) is 38.3 Å². The van der Waals surface area contributed by atoms with Gasteiger partial charge in [0, 0.05) is 47.9 Å². The highest BCUT2D eigenvalue weighted by Gasteiger charge is 2.30. The Morgan fingerprint density at radius 2 is 1.93 bits per heavy atom. The summed E-state index contributed by atoms with van der Waals surface area (Å²) in [5, 5.41) is 2.00. The third-order valence-corrected chi connectivity index (χ3v) is 5.46. The summed E-state index contributed by atoms with van der Waals surface area (Å²) in [6.45, 7) is 7.28. The lowest BCUT2D eigenvalue weighted by Crippen LogP contribution is -2.51. The molecule has 0 bridgehead atoms. The fourth-order valence-corrected chi connectivity index (χ4v) is 4.01. The number of piperazine rings is 1. The Kier molecular flexibility index (Phi) is 10.5. The number of amides is 1. The largest absolute Gasteiger partial charge is 0.372 e. The first kappa shape index (κ1) is 24.2. The van der Waals surface area contributed by atoms with E-state index in [2.05, 4.69) is 4.90 Å². The molecule has 1 aromatic carbocycles. The second kappa shape index (κ2) is 12.6. The highest BCUT2D eigenvalue weighted by atomic mass is 35.5. The summed E-state index contributed by atoms with van der Waals surface area (Å²) in [6, 6.07) is 7.77. The molecule has 2 rings (SSSR count). The number of halogens is 3. The van der Waals surface area contributed by atoms with Crippen LogP contribution >= 0.6 is 34.8 Å². The molecule has 1 unspecified atom stereocenters. The number of carbonyl (C=O) groups is 1. The Labute approximate surface area is 189 Å². The summed E-state index contributed by atoms with van der Waals surface area (Å²) < 4.78 is 5.44. The van der Waals surface area contributed by atoms with Crippen molar-refractivity contribution in [2.75, 3.05) is 39.4 Å². The molecule has 0 aliphatic carbocycles. The van der Waals surface area contributed by atoms with Crippen LogP contribution in [0, 0.1) is 0 Å². The molecule has 0 aromatic heterocycles. The van der Waals surface area contributed by atoms with Gasteiger partial charge < -0.3 is 9.64 Å². The first-order valence-electron chi connectivity index (χ1n) is 10.0. The number of hydrogen-bond donors (Lipinski definition) is 0. The van der Waals surface area contributed by atoms with Crippen molar-refractivity contribution in [1.29, 1.82) is 0 Å². The molecule has 1 aliphatic heterocycles. The fraction of sp³-hybridized carbons (Fsp3) is 0.500. The normalized spacial score (nSPS) is 18.9. The molecule has 1 fully saturated rings. The van der Waals surface area contributed by atoms with Gasteiger partial charge in [-0.05, 0) is 36.6 Å². The average molecular weight is 460 g/mol. The first-order valence-corrected chi connectivity index (χ1v) is 11.1. The molecule has 1 amide bonds. The Bertz CT molecular complexity index is 719. The lowest BCUT2D eigenvalue weighted by atomic mass is 10.0. The predicted molar refractivity (Wildman–Crippen MR) is 122 cm³/mol. The van der Waals surface area contributed by atoms with Crippen LogP contribution in [0.15, 0.2) is 46.5 Å². The summed E-state index contributed by atoms with van der Waals surface area (Å²) in [5.74, 6) is 0.0210. The van der Waals surface area contributed by atoms with E-state index in [1.54, 1.807) is 6.08 Å². The van der Waals surface area contributed by atoms with E-state index in [1.807, 2.05) is 49.1 Å². The van der Waals surface area contributed by atoms with Crippen molar-refractivity contribution in [3.05, 3.63) is 57.1 Å². The third-order valence-electron chi connectivity index (χ3n) is 4.72. The first-order chi connectivity index (χ1) is 13.9. The Morgan fingerprint density at radius 1 is 1.21 bits per heavy atom. The van der Waals surface area contributed by atoms with Gasteiger partial charge in [-0.2, -0.15) is 0 Å². The number of allylic oxidation sites excluding steroid dienone is 3. The number of rotatable bonds is 9. The van der Waals surface area contributed by atoms with Crippen LogP contribution in [-0.2, 0) is 9.53 Å².